The molecular formula is C26H24N2O4. The van der Waals surface area contributed by atoms with E-state index in [4.69, 9.17) is 9.26 Å². The number of Topliss-reactive ketones (excluding diaryl/α,β-unsaturated/α-hetero) is 1. The van der Waals surface area contributed by atoms with Crippen LogP contribution in [0.1, 0.15) is 81.7 Å². The summed E-state index contributed by atoms with van der Waals surface area (Å²) in [6.45, 7) is 1.87. The zero-order valence-corrected chi connectivity index (χ0v) is 17.9. The number of carbonyl (C=O) groups is 2. The molecule has 0 bridgehead atoms. The van der Waals surface area contributed by atoms with E-state index < -0.39 is 17.8 Å². The summed E-state index contributed by atoms with van der Waals surface area (Å²) in [6.07, 6.45) is 1.83. The molecule has 3 aromatic rings. The van der Waals surface area contributed by atoms with Gasteiger partial charge in [-0.3, -0.25) is 4.79 Å². The van der Waals surface area contributed by atoms with Crippen LogP contribution in [0.25, 0.3) is 0 Å². The number of benzene rings is 2. The van der Waals surface area contributed by atoms with Gasteiger partial charge in [0.05, 0.1) is 24.2 Å². The topological polar surface area (TPSA) is 93.2 Å². The molecule has 0 spiro atoms. The van der Waals surface area contributed by atoms with Crippen molar-refractivity contribution in [2.45, 2.75) is 43.9 Å². The van der Waals surface area contributed by atoms with Crippen molar-refractivity contribution in [2.75, 3.05) is 6.61 Å². The van der Waals surface area contributed by atoms with Crippen molar-refractivity contribution in [3.8, 4) is 6.07 Å². The number of aromatic nitrogens is 1. The van der Waals surface area contributed by atoms with Gasteiger partial charge in [-0.25, -0.2) is 4.79 Å². The van der Waals surface area contributed by atoms with Crippen molar-refractivity contribution in [2.24, 2.45) is 0 Å². The van der Waals surface area contributed by atoms with Crippen LogP contribution in [0.2, 0.25) is 0 Å². The van der Waals surface area contributed by atoms with Gasteiger partial charge in [-0.05, 0) is 30.9 Å². The number of carbonyl (C=O) groups excluding carboxylic acids is 2. The van der Waals surface area contributed by atoms with Crippen LogP contribution >= 0.6 is 0 Å². The number of hydrogen-bond donors (Lipinski definition) is 0. The highest BCUT2D eigenvalue weighted by Crippen LogP contribution is 2.44. The van der Waals surface area contributed by atoms with Gasteiger partial charge < -0.3 is 9.26 Å². The summed E-state index contributed by atoms with van der Waals surface area (Å²) in [7, 11) is 0. The van der Waals surface area contributed by atoms with Gasteiger partial charge >= 0.3 is 5.97 Å². The van der Waals surface area contributed by atoms with E-state index in [1.165, 1.54) is 0 Å². The molecule has 2 aromatic carbocycles. The zero-order valence-electron chi connectivity index (χ0n) is 17.9. The van der Waals surface area contributed by atoms with Crippen LogP contribution in [-0.4, -0.2) is 23.5 Å². The minimum absolute atomic E-state index is 0.0461. The van der Waals surface area contributed by atoms with Crippen molar-refractivity contribution in [1.82, 2.24) is 5.16 Å². The van der Waals surface area contributed by atoms with Gasteiger partial charge in [-0.1, -0.05) is 65.8 Å². The molecule has 0 aliphatic heterocycles. The third-order valence-electron chi connectivity index (χ3n) is 5.75. The molecule has 2 atom stereocenters. The van der Waals surface area contributed by atoms with E-state index in [2.05, 4.69) is 11.2 Å². The maximum absolute atomic E-state index is 13.6. The maximum Gasteiger partial charge on any atom is 0.361 e. The largest absolute Gasteiger partial charge is 0.461 e. The Morgan fingerprint density at radius 1 is 1.09 bits per heavy atom. The molecule has 1 aliphatic rings. The highest BCUT2D eigenvalue weighted by molar-refractivity contribution is 6.06. The molecular weight excluding hydrogens is 404 g/mol. The Bertz CT molecular complexity index is 1130. The Hall–Kier alpha value is -3.72. The monoisotopic (exact) mass is 428 g/mol. The Morgan fingerprint density at radius 2 is 1.72 bits per heavy atom. The Labute approximate surface area is 186 Å². The molecule has 6 heteroatoms. The van der Waals surface area contributed by atoms with Gasteiger partial charge in [0, 0.05) is 18.3 Å². The molecule has 1 aliphatic carbocycles. The molecule has 32 heavy (non-hydrogen) atoms. The van der Waals surface area contributed by atoms with Crippen LogP contribution < -0.4 is 0 Å². The highest BCUT2D eigenvalue weighted by Gasteiger charge is 2.38. The summed E-state index contributed by atoms with van der Waals surface area (Å²) in [6, 6.07) is 21.4. The number of rotatable bonds is 9. The average molecular weight is 428 g/mol. The predicted octanol–water partition coefficient (Wildman–Crippen LogP) is 5.39. The molecule has 6 nitrogen and oxygen atoms in total. The molecule has 0 saturated heterocycles. The number of nitrogens with zero attached hydrogens (tertiary/aromatic N) is 2. The lowest BCUT2D eigenvalue weighted by molar-refractivity contribution is 0.0511. The van der Waals surface area contributed by atoms with Crippen LogP contribution in [0.3, 0.4) is 0 Å². The highest BCUT2D eigenvalue weighted by atomic mass is 16.5. The Kier molecular flexibility index (Phi) is 6.46. The lowest BCUT2D eigenvalue weighted by Gasteiger charge is -2.22. The van der Waals surface area contributed by atoms with Crippen molar-refractivity contribution in [1.29, 1.82) is 5.26 Å². The molecule has 4 rings (SSSR count). The first-order chi connectivity index (χ1) is 15.6. The normalized spacial score (nSPS) is 14.9. The first-order valence-corrected chi connectivity index (χ1v) is 10.8. The average Bonchev–Trinajstić information content (AvgIpc) is 3.57. The van der Waals surface area contributed by atoms with Crippen LogP contribution in [0.15, 0.2) is 65.2 Å². The number of esters is 1. The first kappa shape index (κ1) is 21.5. The lowest BCUT2D eigenvalue weighted by Crippen LogP contribution is -2.18. The van der Waals surface area contributed by atoms with Crippen LogP contribution in [0.4, 0.5) is 0 Å². The fourth-order valence-electron chi connectivity index (χ4n) is 4.02. The Balaban J connectivity index is 1.72. The van der Waals surface area contributed by atoms with E-state index in [1.807, 2.05) is 60.7 Å². The molecule has 1 saturated carbocycles. The minimum atomic E-state index is -0.664. The van der Waals surface area contributed by atoms with E-state index in [0.29, 0.717) is 5.76 Å². The maximum atomic E-state index is 13.6. The van der Waals surface area contributed by atoms with Crippen LogP contribution in [-0.2, 0) is 4.74 Å². The van der Waals surface area contributed by atoms with Gasteiger partial charge in [0.25, 0.3) is 0 Å². The van der Waals surface area contributed by atoms with Gasteiger partial charge in [-0.15, -0.1) is 0 Å². The van der Waals surface area contributed by atoms with Crippen molar-refractivity contribution >= 4 is 11.8 Å². The standard InChI is InChI=1S/C26H24N2O4/c1-2-31-26(30)24-23(25(32-28-24)19-13-14-19)22(29)15-20(17-9-5-3-6-10-17)21(16-27)18-11-7-4-8-12-18/h3-12,19-21H,2,13-15H2,1H3/t20-,21-/m1/s1. The summed E-state index contributed by atoms with van der Waals surface area (Å²) in [4.78, 5) is 26.1. The summed E-state index contributed by atoms with van der Waals surface area (Å²) < 4.78 is 10.5. The molecule has 1 aromatic heterocycles. The van der Waals surface area contributed by atoms with Crippen molar-refractivity contribution in [3.05, 3.63) is 88.8 Å². The molecule has 1 heterocycles. The molecule has 0 amide bonds. The van der Waals surface area contributed by atoms with E-state index in [1.54, 1.807) is 6.92 Å². The zero-order chi connectivity index (χ0) is 22.5. The molecule has 1 fully saturated rings. The molecule has 0 radical (unpaired) electrons. The van der Waals surface area contributed by atoms with Crippen LogP contribution in [0.5, 0.6) is 0 Å². The number of hydrogen-bond acceptors (Lipinski definition) is 6. The van der Waals surface area contributed by atoms with Gasteiger partial charge in [-0.2, -0.15) is 5.26 Å². The summed E-state index contributed by atoms with van der Waals surface area (Å²) in [5.41, 5.74) is 1.86. The Morgan fingerprint density at radius 3 is 2.28 bits per heavy atom. The lowest BCUT2D eigenvalue weighted by atomic mass is 9.78. The fraction of sp³-hybridized carbons (Fsp3) is 0.308. The SMILES string of the molecule is CCOC(=O)c1noc(C2CC2)c1C(=O)C[C@H](c1ccccc1)[C@H](C#N)c1ccccc1. The van der Waals surface area contributed by atoms with E-state index in [0.717, 1.165) is 24.0 Å². The fourth-order valence-corrected chi connectivity index (χ4v) is 4.02. The summed E-state index contributed by atoms with van der Waals surface area (Å²) >= 11 is 0. The van der Waals surface area contributed by atoms with E-state index >= 15 is 0 Å². The van der Waals surface area contributed by atoms with Gasteiger partial charge in [0.1, 0.15) is 0 Å². The predicted molar refractivity (Wildman–Crippen MR) is 117 cm³/mol. The second-order valence-corrected chi connectivity index (χ2v) is 7.93. The quantitative estimate of drug-likeness (QED) is 0.335. The van der Waals surface area contributed by atoms with Crippen molar-refractivity contribution < 1.29 is 18.8 Å². The van der Waals surface area contributed by atoms with E-state index in [9.17, 15) is 14.9 Å². The minimum Gasteiger partial charge on any atom is -0.461 e. The number of ketones is 1. The van der Waals surface area contributed by atoms with Crippen molar-refractivity contribution in [3.63, 3.8) is 0 Å². The van der Waals surface area contributed by atoms with Gasteiger partial charge in [0.2, 0.25) is 5.69 Å². The first-order valence-electron chi connectivity index (χ1n) is 10.8. The van der Waals surface area contributed by atoms with Gasteiger partial charge in [0.15, 0.2) is 11.5 Å². The number of ether oxygens (including phenoxy) is 1. The summed E-state index contributed by atoms with van der Waals surface area (Å²) in [5, 5.41) is 13.9. The summed E-state index contributed by atoms with van der Waals surface area (Å²) in [5.74, 6) is -1.30. The third-order valence-corrected chi connectivity index (χ3v) is 5.75. The third kappa shape index (κ3) is 4.47. The van der Waals surface area contributed by atoms with E-state index in [-0.39, 0.29) is 36.0 Å². The second-order valence-electron chi connectivity index (χ2n) is 7.93. The molecule has 0 unspecified atom stereocenters. The molecule has 0 N–H and O–H groups in total. The molecule has 162 valence electrons. The number of nitriles is 1. The van der Waals surface area contributed by atoms with Crippen LogP contribution in [0, 0.1) is 11.3 Å². The second kappa shape index (κ2) is 9.61. The smallest absolute Gasteiger partial charge is 0.361 e.